The van der Waals surface area contributed by atoms with Crippen LogP contribution in [-0.2, 0) is 5.41 Å². The van der Waals surface area contributed by atoms with Gasteiger partial charge in [0, 0.05) is 5.33 Å². The summed E-state index contributed by atoms with van der Waals surface area (Å²) >= 11 is 3.51. The molecule has 0 bridgehead atoms. The number of furan rings is 1. The van der Waals surface area contributed by atoms with Crippen molar-refractivity contribution in [1.29, 1.82) is 0 Å². The Morgan fingerprint density at radius 3 is 3.09 bits per heavy atom. The third kappa shape index (κ3) is 1.04. The van der Waals surface area contributed by atoms with E-state index in [1.807, 2.05) is 6.26 Å². The zero-order valence-corrected chi connectivity index (χ0v) is 8.10. The maximum Gasteiger partial charge on any atom is 0.0940 e. The lowest BCUT2D eigenvalue weighted by Gasteiger charge is -2.05. The van der Waals surface area contributed by atoms with Crippen LogP contribution >= 0.6 is 15.9 Å². The van der Waals surface area contributed by atoms with Crippen LogP contribution in [0.25, 0.3) is 0 Å². The number of hydrogen-bond acceptors (Lipinski definition) is 1. The minimum atomic E-state index is 0.399. The fourth-order valence-corrected chi connectivity index (χ4v) is 2.56. The molecular formula is C9H11BrO. The van der Waals surface area contributed by atoms with Crippen LogP contribution in [0.15, 0.2) is 23.0 Å². The maximum atomic E-state index is 5.06. The smallest absolute Gasteiger partial charge is 0.0940 e. The second-order valence-electron chi connectivity index (χ2n) is 3.48. The molecule has 1 aromatic rings. The van der Waals surface area contributed by atoms with E-state index in [2.05, 4.69) is 28.9 Å². The Bertz CT molecular complexity index is 242. The summed E-state index contributed by atoms with van der Waals surface area (Å²) in [5.74, 6) is 0.806. The molecule has 2 unspecified atom stereocenters. The molecule has 0 N–H and O–H groups in total. The molecule has 0 aliphatic heterocycles. The largest absolute Gasteiger partial charge is 0.472 e. The minimum absolute atomic E-state index is 0.399. The number of hydrogen-bond donors (Lipinski definition) is 0. The van der Waals surface area contributed by atoms with E-state index in [1.54, 1.807) is 6.26 Å². The molecule has 0 radical (unpaired) electrons. The SMILES string of the molecule is CC1(c2ccoc2)CC1CBr. The van der Waals surface area contributed by atoms with E-state index in [0.29, 0.717) is 5.41 Å². The van der Waals surface area contributed by atoms with Crippen LogP contribution in [0.3, 0.4) is 0 Å². The second kappa shape index (κ2) is 2.37. The van der Waals surface area contributed by atoms with E-state index in [9.17, 15) is 0 Å². The second-order valence-corrected chi connectivity index (χ2v) is 4.13. The highest BCUT2D eigenvalue weighted by Gasteiger charge is 2.50. The van der Waals surface area contributed by atoms with Crippen molar-refractivity contribution >= 4 is 15.9 Å². The molecule has 1 aliphatic rings. The van der Waals surface area contributed by atoms with Crippen molar-refractivity contribution < 1.29 is 4.42 Å². The van der Waals surface area contributed by atoms with Crippen molar-refractivity contribution in [2.24, 2.45) is 5.92 Å². The molecule has 1 heterocycles. The van der Waals surface area contributed by atoms with Gasteiger partial charge in [0.1, 0.15) is 0 Å². The lowest BCUT2D eigenvalue weighted by Crippen LogP contribution is -2.02. The van der Waals surface area contributed by atoms with Gasteiger partial charge < -0.3 is 4.42 Å². The van der Waals surface area contributed by atoms with Gasteiger partial charge in [0.2, 0.25) is 0 Å². The van der Waals surface area contributed by atoms with Crippen LogP contribution < -0.4 is 0 Å². The van der Waals surface area contributed by atoms with Crippen molar-refractivity contribution in [2.75, 3.05) is 5.33 Å². The summed E-state index contributed by atoms with van der Waals surface area (Å²) in [6.07, 6.45) is 4.91. The molecular weight excluding hydrogens is 204 g/mol. The minimum Gasteiger partial charge on any atom is -0.472 e. The molecule has 0 saturated heterocycles. The van der Waals surface area contributed by atoms with Crippen molar-refractivity contribution in [2.45, 2.75) is 18.8 Å². The van der Waals surface area contributed by atoms with Gasteiger partial charge in [-0.25, -0.2) is 0 Å². The summed E-state index contributed by atoms with van der Waals surface area (Å²) in [4.78, 5) is 0. The van der Waals surface area contributed by atoms with Gasteiger partial charge in [0.05, 0.1) is 12.5 Å². The summed E-state index contributed by atoms with van der Waals surface area (Å²) in [5.41, 5.74) is 1.75. The van der Waals surface area contributed by atoms with Gasteiger partial charge in [0.15, 0.2) is 0 Å². The molecule has 1 nitrogen and oxygen atoms in total. The van der Waals surface area contributed by atoms with Crippen LogP contribution in [0.2, 0.25) is 0 Å². The number of halogens is 1. The van der Waals surface area contributed by atoms with Gasteiger partial charge in [-0.15, -0.1) is 0 Å². The maximum absolute atomic E-state index is 5.06. The third-order valence-electron chi connectivity index (χ3n) is 2.78. The molecule has 1 saturated carbocycles. The molecule has 0 spiro atoms. The summed E-state index contributed by atoms with van der Waals surface area (Å²) in [7, 11) is 0. The monoisotopic (exact) mass is 214 g/mol. The van der Waals surface area contributed by atoms with E-state index >= 15 is 0 Å². The van der Waals surface area contributed by atoms with Crippen molar-refractivity contribution in [3.05, 3.63) is 24.2 Å². The first kappa shape index (κ1) is 7.41. The van der Waals surface area contributed by atoms with Crippen molar-refractivity contribution in [3.63, 3.8) is 0 Å². The van der Waals surface area contributed by atoms with Gasteiger partial charge in [-0.3, -0.25) is 0 Å². The van der Waals surface area contributed by atoms with Crippen LogP contribution in [-0.4, -0.2) is 5.33 Å². The molecule has 60 valence electrons. The van der Waals surface area contributed by atoms with Crippen molar-refractivity contribution in [3.8, 4) is 0 Å². The highest BCUT2D eigenvalue weighted by atomic mass is 79.9. The average Bonchev–Trinajstić information content (AvgIpc) is 2.55. The molecule has 1 aliphatic carbocycles. The normalized spacial score (nSPS) is 35.6. The lowest BCUT2D eigenvalue weighted by atomic mass is 9.99. The first-order valence-corrected chi connectivity index (χ1v) is 4.98. The van der Waals surface area contributed by atoms with Gasteiger partial charge in [0.25, 0.3) is 0 Å². The Balaban J connectivity index is 2.19. The topological polar surface area (TPSA) is 13.1 Å². The van der Waals surface area contributed by atoms with E-state index in [-0.39, 0.29) is 0 Å². The lowest BCUT2D eigenvalue weighted by molar-refractivity contribution is 0.556. The van der Waals surface area contributed by atoms with E-state index in [0.717, 1.165) is 11.2 Å². The van der Waals surface area contributed by atoms with Crippen LogP contribution in [0.5, 0.6) is 0 Å². The quantitative estimate of drug-likeness (QED) is 0.691. The fourth-order valence-electron chi connectivity index (χ4n) is 1.62. The Hall–Kier alpha value is -0.240. The Labute approximate surface area is 74.9 Å². The first-order valence-electron chi connectivity index (χ1n) is 3.86. The molecule has 11 heavy (non-hydrogen) atoms. The average molecular weight is 215 g/mol. The predicted octanol–water partition coefficient (Wildman–Crippen LogP) is 2.95. The summed E-state index contributed by atoms with van der Waals surface area (Å²) in [6.45, 7) is 2.30. The zero-order valence-electron chi connectivity index (χ0n) is 6.51. The molecule has 2 rings (SSSR count). The van der Waals surface area contributed by atoms with Crippen LogP contribution in [0.4, 0.5) is 0 Å². The van der Waals surface area contributed by atoms with Crippen LogP contribution in [0.1, 0.15) is 18.9 Å². The third-order valence-corrected chi connectivity index (χ3v) is 3.56. The molecule has 0 amide bonds. The molecule has 2 atom stereocenters. The Morgan fingerprint density at radius 1 is 1.82 bits per heavy atom. The van der Waals surface area contributed by atoms with Gasteiger partial charge in [-0.2, -0.15) is 0 Å². The number of rotatable bonds is 2. The van der Waals surface area contributed by atoms with Crippen molar-refractivity contribution in [1.82, 2.24) is 0 Å². The standard InChI is InChI=1S/C9H11BrO/c1-9(4-8(9)5-10)7-2-3-11-6-7/h2-3,6,8H,4-5H2,1H3. The highest BCUT2D eigenvalue weighted by Crippen LogP contribution is 2.54. The predicted molar refractivity (Wildman–Crippen MR) is 48.0 cm³/mol. The molecule has 2 heteroatoms. The van der Waals surface area contributed by atoms with E-state index in [1.165, 1.54) is 12.0 Å². The Morgan fingerprint density at radius 2 is 2.64 bits per heavy atom. The van der Waals surface area contributed by atoms with E-state index in [4.69, 9.17) is 4.42 Å². The summed E-state index contributed by atoms with van der Waals surface area (Å²) in [6, 6.07) is 2.07. The first-order chi connectivity index (χ1) is 5.27. The number of alkyl halides is 1. The zero-order chi connectivity index (χ0) is 7.90. The van der Waals surface area contributed by atoms with E-state index < -0.39 is 0 Å². The summed E-state index contributed by atoms with van der Waals surface area (Å²) in [5, 5.41) is 1.11. The molecule has 0 aromatic carbocycles. The van der Waals surface area contributed by atoms with Gasteiger partial charge >= 0.3 is 0 Å². The van der Waals surface area contributed by atoms with Gasteiger partial charge in [-0.1, -0.05) is 22.9 Å². The highest BCUT2D eigenvalue weighted by molar-refractivity contribution is 9.09. The van der Waals surface area contributed by atoms with Gasteiger partial charge in [-0.05, 0) is 29.4 Å². The van der Waals surface area contributed by atoms with Crippen LogP contribution in [0, 0.1) is 5.92 Å². The summed E-state index contributed by atoms with van der Waals surface area (Å²) < 4.78 is 5.06. The fraction of sp³-hybridized carbons (Fsp3) is 0.556. The Kier molecular flexibility index (Phi) is 1.60. The molecule has 1 fully saturated rings. The molecule has 1 aromatic heterocycles.